The van der Waals surface area contributed by atoms with Gasteiger partial charge in [0.25, 0.3) is 0 Å². The second kappa shape index (κ2) is 10.5. The van der Waals surface area contributed by atoms with Crippen molar-refractivity contribution in [3.8, 4) is 0 Å². The van der Waals surface area contributed by atoms with E-state index in [1.54, 1.807) is 0 Å². The molecule has 0 bridgehead atoms. The molecule has 2 fully saturated rings. The van der Waals surface area contributed by atoms with E-state index in [1.165, 1.54) is 32.4 Å². The fourth-order valence-corrected chi connectivity index (χ4v) is 3.09. The second-order valence-electron chi connectivity index (χ2n) is 7.18. The lowest BCUT2D eigenvalue weighted by Crippen LogP contribution is -2.42. The molecule has 1 unspecified atom stereocenters. The number of nitrogens with zero attached hydrogens (tertiary/aromatic N) is 2. The smallest absolute Gasteiger partial charge is 0.223 e. The summed E-state index contributed by atoms with van der Waals surface area (Å²) in [4.78, 5) is 18.9. The van der Waals surface area contributed by atoms with Gasteiger partial charge in [-0.15, -0.1) is 0 Å². The van der Waals surface area contributed by atoms with Crippen molar-refractivity contribution in [2.24, 2.45) is 16.8 Å². The van der Waals surface area contributed by atoms with E-state index in [1.807, 2.05) is 0 Å². The molecule has 1 saturated heterocycles. The zero-order chi connectivity index (χ0) is 17.2. The Bertz CT molecular complexity index is 402. The largest absolute Gasteiger partial charge is 0.357 e. The van der Waals surface area contributed by atoms with Gasteiger partial charge in [0.15, 0.2) is 5.96 Å². The van der Waals surface area contributed by atoms with E-state index < -0.39 is 0 Å². The molecule has 138 valence electrons. The van der Waals surface area contributed by atoms with Gasteiger partial charge in [-0.05, 0) is 51.6 Å². The van der Waals surface area contributed by atoms with Gasteiger partial charge >= 0.3 is 0 Å². The molecule has 6 heteroatoms. The summed E-state index contributed by atoms with van der Waals surface area (Å²) in [5.41, 5.74) is 0. The zero-order valence-electron chi connectivity index (χ0n) is 15.4. The van der Waals surface area contributed by atoms with Crippen molar-refractivity contribution in [3.63, 3.8) is 0 Å². The molecule has 2 rings (SSSR count). The number of amides is 1. The average molecular weight is 338 g/mol. The molecular weight excluding hydrogens is 302 g/mol. The minimum atomic E-state index is 0.203. The van der Waals surface area contributed by atoms with Crippen LogP contribution in [0.3, 0.4) is 0 Å². The highest BCUT2D eigenvalue weighted by molar-refractivity contribution is 5.81. The third-order valence-electron chi connectivity index (χ3n) is 4.59. The number of hydrogen-bond donors (Lipinski definition) is 3. The number of nitrogens with one attached hydrogen (secondary N) is 3. The van der Waals surface area contributed by atoms with E-state index in [4.69, 9.17) is 4.99 Å². The fourth-order valence-electron chi connectivity index (χ4n) is 3.09. The van der Waals surface area contributed by atoms with Gasteiger partial charge in [-0.3, -0.25) is 9.79 Å². The topological polar surface area (TPSA) is 68.8 Å². The molecule has 1 atom stereocenters. The first-order valence-corrected chi connectivity index (χ1v) is 9.71. The van der Waals surface area contributed by atoms with Gasteiger partial charge in [0.1, 0.15) is 0 Å². The van der Waals surface area contributed by atoms with Gasteiger partial charge in [0, 0.05) is 38.6 Å². The van der Waals surface area contributed by atoms with Crippen molar-refractivity contribution in [1.29, 1.82) is 0 Å². The van der Waals surface area contributed by atoms with Crippen LogP contribution >= 0.6 is 0 Å². The molecule has 1 aliphatic carbocycles. The summed E-state index contributed by atoms with van der Waals surface area (Å²) in [6.07, 6.45) is 6.17. The average Bonchev–Trinajstić information content (AvgIpc) is 3.42. The summed E-state index contributed by atoms with van der Waals surface area (Å²) < 4.78 is 0. The first-order chi connectivity index (χ1) is 11.7. The molecule has 1 saturated carbocycles. The van der Waals surface area contributed by atoms with Gasteiger partial charge in [-0.2, -0.15) is 0 Å². The highest BCUT2D eigenvalue weighted by atomic mass is 16.2. The van der Waals surface area contributed by atoms with Gasteiger partial charge in [-0.1, -0.05) is 13.3 Å². The van der Waals surface area contributed by atoms with E-state index in [0.717, 1.165) is 38.4 Å². The Morgan fingerprint density at radius 1 is 1.12 bits per heavy atom. The molecular formula is C18H35N5O. The van der Waals surface area contributed by atoms with Gasteiger partial charge < -0.3 is 20.9 Å². The van der Waals surface area contributed by atoms with E-state index in [9.17, 15) is 4.79 Å². The summed E-state index contributed by atoms with van der Waals surface area (Å²) >= 11 is 0. The predicted molar refractivity (Wildman–Crippen MR) is 99.2 cm³/mol. The van der Waals surface area contributed by atoms with Crippen LogP contribution < -0.4 is 16.0 Å². The summed E-state index contributed by atoms with van der Waals surface area (Å²) in [7, 11) is 0. The molecule has 0 aromatic heterocycles. The van der Waals surface area contributed by atoms with Crippen LogP contribution in [0, 0.1) is 11.8 Å². The van der Waals surface area contributed by atoms with Gasteiger partial charge in [-0.25, -0.2) is 0 Å². The van der Waals surface area contributed by atoms with Crippen molar-refractivity contribution in [2.45, 2.75) is 46.0 Å². The maximum Gasteiger partial charge on any atom is 0.223 e. The maximum absolute atomic E-state index is 11.6. The van der Waals surface area contributed by atoms with Crippen molar-refractivity contribution in [2.75, 3.05) is 45.8 Å². The van der Waals surface area contributed by atoms with E-state index in [0.29, 0.717) is 19.0 Å². The van der Waals surface area contributed by atoms with Crippen molar-refractivity contribution in [3.05, 3.63) is 0 Å². The molecule has 24 heavy (non-hydrogen) atoms. The van der Waals surface area contributed by atoms with Crippen LogP contribution in [-0.4, -0.2) is 62.6 Å². The first-order valence-electron chi connectivity index (χ1n) is 9.71. The normalized spacial score (nSPS) is 20.5. The molecule has 0 aromatic rings. The number of piperidine rings is 1. The third-order valence-corrected chi connectivity index (χ3v) is 4.59. The Labute approximate surface area is 146 Å². The SMILES string of the molecule is CCNC(=NCC(C)CN1CCCCC1)NCCNC(=O)C1CC1. The highest BCUT2D eigenvalue weighted by Crippen LogP contribution is 2.28. The first kappa shape index (κ1) is 19.0. The zero-order valence-corrected chi connectivity index (χ0v) is 15.4. The number of hydrogen-bond acceptors (Lipinski definition) is 3. The Kier molecular flexibility index (Phi) is 8.36. The number of rotatable bonds is 9. The van der Waals surface area contributed by atoms with Crippen LogP contribution in [-0.2, 0) is 4.79 Å². The molecule has 0 aromatic carbocycles. The minimum absolute atomic E-state index is 0.203. The van der Waals surface area contributed by atoms with E-state index >= 15 is 0 Å². The van der Waals surface area contributed by atoms with Crippen LogP contribution in [0.5, 0.6) is 0 Å². The predicted octanol–water partition coefficient (Wildman–Crippen LogP) is 1.19. The molecule has 1 aliphatic heterocycles. The van der Waals surface area contributed by atoms with E-state index in [2.05, 4.69) is 34.7 Å². The van der Waals surface area contributed by atoms with Crippen LogP contribution in [0.25, 0.3) is 0 Å². The number of carbonyl (C=O) groups excluding carboxylic acids is 1. The van der Waals surface area contributed by atoms with Crippen LogP contribution in [0.1, 0.15) is 46.0 Å². The Morgan fingerprint density at radius 2 is 1.83 bits per heavy atom. The Morgan fingerprint density at radius 3 is 2.50 bits per heavy atom. The molecule has 0 spiro atoms. The summed E-state index contributed by atoms with van der Waals surface area (Å²) in [6, 6.07) is 0. The lowest BCUT2D eigenvalue weighted by atomic mass is 10.1. The molecule has 3 N–H and O–H groups in total. The Hall–Kier alpha value is -1.30. The lowest BCUT2D eigenvalue weighted by molar-refractivity contribution is -0.122. The molecule has 6 nitrogen and oxygen atoms in total. The second-order valence-corrected chi connectivity index (χ2v) is 7.18. The van der Waals surface area contributed by atoms with Gasteiger partial charge in [0.2, 0.25) is 5.91 Å². The summed E-state index contributed by atoms with van der Waals surface area (Å²) in [5, 5.41) is 9.55. The fraction of sp³-hybridized carbons (Fsp3) is 0.889. The van der Waals surface area contributed by atoms with Crippen molar-refractivity contribution >= 4 is 11.9 Å². The quantitative estimate of drug-likeness (QED) is 0.336. The maximum atomic E-state index is 11.6. The van der Waals surface area contributed by atoms with E-state index in [-0.39, 0.29) is 11.8 Å². The van der Waals surface area contributed by atoms with Crippen LogP contribution in [0.15, 0.2) is 4.99 Å². The molecule has 0 radical (unpaired) electrons. The lowest BCUT2D eigenvalue weighted by Gasteiger charge is -2.28. The molecule has 1 heterocycles. The molecule has 2 aliphatic rings. The van der Waals surface area contributed by atoms with Gasteiger partial charge in [0.05, 0.1) is 0 Å². The van der Waals surface area contributed by atoms with Crippen LogP contribution in [0.2, 0.25) is 0 Å². The Balaban J connectivity index is 1.63. The number of likely N-dealkylation sites (tertiary alicyclic amines) is 1. The highest BCUT2D eigenvalue weighted by Gasteiger charge is 2.28. The van der Waals surface area contributed by atoms with Crippen molar-refractivity contribution < 1.29 is 4.79 Å². The molecule has 1 amide bonds. The third kappa shape index (κ3) is 7.51. The summed E-state index contributed by atoms with van der Waals surface area (Å²) in [5.74, 6) is 1.90. The minimum Gasteiger partial charge on any atom is -0.357 e. The number of aliphatic imine (C=N–C) groups is 1. The monoisotopic (exact) mass is 337 g/mol. The number of carbonyl (C=O) groups is 1. The van der Waals surface area contributed by atoms with Crippen LogP contribution in [0.4, 0.5) is 0 Å². The summed E-state index contributed by atoms with van der Waals surface area (Å²) in [6.45, 7) is 11.0. The number of guanidine groups is 1. The van der Waals surface area contributed by atoms with Crippen molar-refractivity contribution in [1.82, 2.24) is 20.9 Å². The standard InChI is InChI=1S/C18H35N5O/c1-3-19-18(21-10-9-20-17(24)16-7-8-16)22-13-15(2)14-23-11-5-4-6-12-23/h15-16H,3-14H2,1-2H3,(H,20,24)(H2,19,21,22).